The third-order valence-corrected chi connectivity index (χ3v) is 1.89. The van der Waals surface area contributed by atoms with Crippen molar-refractivity contribution in [1.29, 1.82) is 0 Å². The van der Waals surface area contributed by atoms with Crippen molar-refractivity contribution < 1.29 is 14.3 Å². The van der Waals surface area contributed by atoms with Crippen LogP contribution in [0.25, 0.3) is 0 Å². The number of para-hydroxylation sites is 2. The van der Waals surface area contributed by atoms with Crippen molar-refractivity contribution in [3.8, 4) is 24.3 Å². The Morgan fingerprint density at radius 3 is 1.39 bits per heavy atom. The van der Waals surface area contributed by atoms with E-state index in [1.165, 1.54) is 0 Å². The molecule has 0 aliphatic rings. The predicted octanol–water partition coefficient (Wildman–Crippen LogP) is 3.51. The van der Waals surface area contributed by atoms with Crippen molar-refractivity contribution in [3.63, 3.8) is 0 Å². The fourth-order valence-electron chi connectivity index (χ4n) is 1.19. The minimum Gasteiger partial charge on any atom is -0.395 e. The van der Waals surface area contributed by atoms with E-state index in [4.69, 9.17) is 9.47 Å². The van der Waals surface area contributed by atoms with Gasteiger partial charge in [-0.2, -0.15) is 0 Å². The zero-order chi connectivity index (χ0) is 13.2. The minimum atomic E-state index is -0.739. The van der Waals surface area contributed by atoms with Crippen molar-refractivity contribution >= 4 is 6.16 Å². The van der Waals surface area contributed by atoms with Gasteiger partial charge >= 0.3 is 6.16 Å². The molecule has 0 radical (unpaired) electrons. The van der Waals surface area contributed by atoms with E-state index in [9.17, 15) is 4.79 Å². The molecule has 0 aromatic heterocycles. The lowest BCUT2D eigenvalue weighted by Crippen LogP contribution is -2.13. The van der Waals surface area contributed by atoms with E-state index in [-0.39, 0.29) is 0 Å². The van der Waals surface area contributed by atoms with Gasteiger partial charge in [-0.1, -0.05) is 36.4 Å². The summed E-state index contributed by atoms with van der Waals surface area (Å²) in [6.07, 6.45) is 7.26. The standard InChI is InChI=1S/C13H10O3.C2H2/c14-13(15-11-7-3-1-4-8-11)16-12-9-5-2-6-10-12;1-2/h1-10H;1-2H. The number of carbonyl (C=O) groups excluding carboxylic acids is 1. The van der Waals surface area contributed by atoms with E-state index in [0.717, 1.165) is 0 Å². The van der Waals surface area contributed by atoms with Gasteiger partial charge in [0, 0.05) is 0 Å². The Bertz CT molecular complexity index is 445. The zero-order valence-electron chi connectivity index (χ0n) is 9.65. The number of hydrogen-bond donors (Lipinski definition) is 0. The van der Waals surface area contributed by atoms with Gasteiger partial charge in [0.15, 0.2) is 0 Å². The summed E-state index contributed by atoms with van der Waals surface area (Å²) in [4.78, 5) is 11.3. The van der Waals surface area contributed by atoms with Crippen molar-refractivity contribution in [2.24, 2.45) is 0 Å². The molecule has 0 atom stereocenters. The lowest BCUT2D eigenvalue weighted by Gasteiger charge is -2.04. The highest BCUT2D eigenvalue weighted by atomic mass is 16.7. The number of terminal acetylenes is 1. The van der Waals surface area contributed by atoms with Gasteiger partial charge in [0.25, 0.3) is 0 Å². The van der Waals surface area contributed by atoms with Crippen LogP contribution < -0.4 is 9.47 Å². The van der Waals surface area contributed by atoms with E-state index in [1.54, 1.807) is 48.5 Å². The Labute approximate surface area is 106 Å². The van der Waals surface area contributed by atoms with Crippen LogP contribution in [0.5, 0.6) is 11.5 Å². The topological polar surface area (TPSA) is 35.5 Å². The molecule has 2 aromatic carbocycles. The maximum atomic E-state index is 11.3. The number of carbonyl (C=O) groups is 1. The minimum absolute atomic E-state index is 0.462. The quantitative estimate of drug-likeness (QED) is 0.457. The molecule has 0 unspecified atom stereocenters. The van der Waals surface area contributed by atoms with Crippen LogP contribution in [-0.4, -0.2) is 6.16 Å². The van der Waals surface area contributed by atoms with Gasteiger partial charge in [-0.05, 0) is 24.3 Å². The molecule has 0 spiro atoms. The van der Waals surface area contributed by atoms with Crippen molar-refractivity contribution in [1.82, 2.24) is 0 Å². The molecule has 0 N–H and O–H groups in total. The van der Waals surface area contributed by atoms with Crippen molar-refractivity contribution in [2.45, 2.75) is 0 Å². The van der Waals surface area contributed by atoms with Crippen LogP contribution in [0.15, 0.2) is 60.7 Å². The molecule has 0 saturated heterocycles. The van der Waals surface area contributed by atoms with Crippen LogP contribution in [0.3, 0.4) is 0 Å². The molecule has 0 saturated carbocycles. The molecule has 3 heteroatoms. The fraction of sp³-hybridized carbons (Fsp3) is 0. The molecular weight excluding hydrogens is 228 g/mol. The SMILES string of the molecule is C#C.O=C(Oc1ccccc1)Oc1ccccc1. The average molecular weight is 240 g/mol. The number of ether oxygens (including phenoxy) is 2. The zero-order valence-corrected chi connectivity index (χ0v) is 9.65. The maximum Gasteiger partial charge on any atom is 0.519 e. The molecule has 18 heavy (non-hydrogen) atoms. The molecule has 90 valence electrons. The van der Waals surface area contributed by atoms with Crippen LogP contribution in [0.4, 0.5) is 4.79 Å². The Morgan fingerprint density at radius 1 is 0.722 bits per heavy atom. The van der Waals surface area contributed by atoms with Gasteiger partial charge in [-0.15, -0.1) is 12.8 Å². The normalized spacial score (nSPS) is 8.56. The average Bonchev–Trinajstić information content (AvgIpc) is 2.43. The lowest BCUT2D eigenvalue weighted by atomic mass is 10.3. The van der Waals surface area contributed by atoms with Crippen molar-refractivity contribution in [2.75, 3.05) is 0 Å². The summed E-state index contributed by atoms with van der Waals surface area (Å²) in [5.41, 5.74) is 0. The van der Waals surface area contributed by atoms with E-state index < -0.39 is 6.16 Å². The molecule has 0 heterocycles. The Hall–Kier alpha value is -2.73. The van der Waals surface area contributed by atoms with E-state index >= 15 is 0 Å². The summed E-state index contributed by atoms with van der Waals surface area (Å²) in [6.45, 7) is 0. The summed E-state index contributed by atoms with van der Waals surface area (Å²) in [5.74, 6) is 0.923. The first-order valence-corrected chi connectivity index (χ1v) is 5.18. The molecule has 0 bridgehead atoms. The monoisotopic (exact) mass is 240 g/mol. The predicted molar refractivity (Wildman–Crippen MR) is 69.4 cm³/mol. The summed E-state index contributed by atoms with van der Waals surface area (Å²) in [5, 5.41) is 0. The summed E-state index contributed by atoms with van der Waals surface area (Å²) in [6, 6.07) is 17.6. The van der Waals surface area contributed by atoms with Gasteiger partial charge < -0.3 is 9.47 Å². The first-order valence-electron chi connectivity index (χ1n) is 5.18. The summed E-state index contributed by atoms with van der Waals surface area (Å²) < 4.78 is 9.91. The molecule has 2 aromatic rings. The number of rotatable bonds is 2. The Balaban J connectivity index is 0.000000771. The van der Waals surface area contributed by atoms with Gasteiger partial charge in [-0.3, -0.25) is 0 Å². The van der Waals surface area contributed by atoms with Crippen LogP contribution in [0.2, 0.25) is 0 Å². The highest BCUT2D eigenvalue weighted by molar-refractivity contribution is 5.66. The van der Waals surface area contributed by atoms with E-state index in [2.05, 4.69) is 12.8 Å². The molecule has 0 amide bonds. The maximum absolute atomic E-state index is 11.3. The summed E-state index contributed by atoms with van der Waals surface area (Å²) in [7, 11) is 0. The van der Waals surface area contributed by atoms with E-state index in [0.29, 0.717) is 11.5 Å². The second-order valence-corrected chi connectivity index (χ2v) is 3.08. The fourth-order valence-corrected chi connectivity index (χ4v) is 1.19. The Morgan fingerprint density at radius 2 is 1.06 bits per heavy atom. The first-order chi connectivity index (χ1) is 8.84. The molecule has 0 fully saturated rings. The number of benzene rings is 2. The largest absolute Gasteiger partial charge is 0.519 e. The van der Waals surface area contributed by atoms with E-state index in [1.807, 2.05) is 12.1 Å². The van der Waals surface area contributed by atoms with Gasteiger partial charge in [0.05, 0.1) is 0 Å². The number of hydrogen-bond acceptors (Lipinski definition) is 3. The second kappa shape index (κ2) is 7.53. The van der Waals surface area contributed by atoms with Gasteiger partial charge in [0.2, 0.25) is 0 Å². The highest BCUT2D eigenvalue weighted by Crippen LogP contribution is 2.12. The van der Waals surface area contributed by atoms with Gasteiger partial charge in [0.1, 0.15) is 11.5 Å². The molecule has 0 aliphatic heterocycles. The molecule has 3 nitrogen and oxygen atoms in total. The smallest absolute Gasteiger partial charge is 0.395 e. The van der Waals surface area contributed by atoms with Crippen LogP contribution in [-0.2, 0) is 0 Å². The third-order valence-electron chi connectivity index (χ3n) is 1.89. The Kier molecular flexibility index (Phi) is 5.58. The van der Waals surface area contributed by atoms with Crippen LogP contribution >= 0.6 is 0 Å². The lowest BCUT2D eigenvalue weighted by molar-refractivity contribution is 0.152. The second-order valence-electron chi connectivity index (χ2n) is 3.08. The molecule has 0 aliphatic carbocycles. The highest BCUT2D eigenvalue weighted by Gasteiger charge is 2.06. The molecule has 2 rings (SSSR count). The van der Waals surface area contributed by atoms with Crippen LogP contribution in [0.1, 0.15) is 0 Å². The third kappa shape index (κ3) is 4.42. The first kappa shape index (κ1) is 13.3. The molecular formula is C15H12O3. The van der Waals surface area contributed by atoms with Gasteiger partial charge in [-0.25, -0.2) is 4.79 Å². The summed E-state index contributed by atoms with van der Waals surface area (Å²) >= 11 is 0. The van der Waals surface area contributed by atoms with Crippen molar-refractivity contribution in [3.05, 3.63) is 60.7 Å². The van der Waals surface area contributed by atoms with Crippen LogP contribution in [0, 0.1) is 12.8 Å².